The van der Waals surface area contributed by atoms with Crippen LogP contribution in [0.4, 0.5) is 0 Å². The van der Waals surface area contributed by atoms with Crippen LogP contribution in [0.5, 0.6) is 11.5 Å². The molecule has 0 saturated carbocycles. The Bertz CT molecular complexity index is 931. The predicted molar refractivity (Wildman–Crippen MR) is 77.1 cm³/mol. The minimum atomic E-state index is -0.0676. The molecule has 0 atom stereocenters. The van der Waals surface area contributed by atoms with Gasteiger partial charge >= 0.3 is 0 Å². The molecule has 102 valence electrons. The highest BCUT2D eigenvalue weighted by molar-refractivity contribution is 5.94. The van der Waals surface area contributed by atoms with E-state index in [4.69, 9.17) is 4.42 Å². The van der Waals surface area contributed by atoms with Gasteiger partial charge in [-0.1, -0.05) is 0 Å². The van der Waals surface area contributed by atoms with E-state index in [9.17, 15) is 15.5 Å². The van der Waals surface area contributed by atoms with E-state index in [1.807, 2.05) is 12.1 Å². The molecule has 21 heavy (non-hydrogen) atoms. The number of phenols is 2. The number of furan rings is 1. The highest BCUT2D eigenvalue weighted by atomic mass is 16.3. The number of fused-ring (bicyclic) bond motifs is 5. The molecular weight excluding hydrogens is 266 g/mol. The Kier molecular flexibility index (Phi) is 2.28. The van der Waals surface area contributed by atoms with Crippen molar-refractivity contribution in [1.82, 2.24) is 0 Å². The lowest BCUT2D eigenvalue weighted by molar-refractivity contribution is 0.472. The smallest absolute Gasteiger partial charge is 0.156 e. The van der Waals surface area contributed by atoms with Crippen LogP contribution in [0.25, 0.3) is 22.3 Å². The first-order valence-corrected chi connectivity index (χ1v) is 6.68. The van der Waals surface area contributed by atoms with Gasteiger partial charge in [0.15, 0.2) is 5.58 Å². The van der Waals surface area contributed by atoms with Gasteiger partial charge in [-0.3, -0.25) is 0 Å². The first kappa shape index (κ1) is 11.9. The number of hydrogen-bond donors (Lipinski definition) is 2. The van der Waals surface area contributed by atoms with Gasteiger partial charge in [-0.05, 0) is 48.7 Å². The molecule has 1 heterocycles. The highest BCUT2D eigenvalue weighted by Gasteiger charge is 2.25. The maximum Gasteiger partial charge on any atom is 0.156 e. The molecule has 0 saturated heterocycles. The number of phenolic OH excluding ortho intramolecular Hbond substituents is 2. The van der Waals surface area contributed by atoms with E-state index in [2.05, 4.69) is 0 Å². The largest absolute Gasteiger partial charge is 0.508 e. The van der Waals surface area contributed by atoms with Crippen LogP contribution >= 0.6 is 0 Å². The number of nitrogens with zero attached hydrogens (tertiary/aromatic N) is 1. The maximum absolute atomic E-state index is 9.79. The zero-order chi connectivity index (χ0) is 14.6. The SMILES string of the molecule is N#Cc1c(O)ccc2c3c(oc12)-c1ccc(O)cc1CC3. The van der Waals surface area contributed by atoms with Crippen LogP contribution in [0.15, 0.2) is 34.7 Å². The lowest BCUT2D eigenvalue weighted by Crippen LogP contribution is -2.01. The second-order valence-corrected chi connectivity index (χ2v) is 5.20. The summed E-state index contributed by atoms with van der Waals surface area (Å²) < 4.78 is 5.90. The summed E-state index contributed by atoms with van der Waals surface area (Å²) in [4.78, 5) is 0. The molecule has 2 aromatic carbocycles. The summed E-state index contributed by atoms with van der Waals surface area (Å²) >= 11 is 0. The van der Waals surface area contributed by atoms with Crippen LogP contribution in [0, 0.1) is 11.3 Å². The molecule has 0 aliphatic heterocycles. The summed E-state index contributed by atoms with van der Waals surface area (Å²) in [5, 5.41) is 29.5. The molecule has 1 aromatic heterocycles. The monoisotopic (exact) mass is 277 g/mol. The van der Waals surface area contributed by atoms with Gasteiger partial charge in [-0.15, -0.1) is 0 Å². The molecule has 0 unspecified atom stereocenters. The van der Waals surface area contributed by atoms with Crippen LogP contribution in [0.3, 0.4) is 0 Å². The maximum atomic E-state index is 9.79. The zero-order valence-electron chi connectivity index (χ0n) is 11.1. The Balaban J connectivity index is 2.08. The highest BCUT2D eigenvalue weighted by Crippen LogP contribution is 2.42. The van der Waals surface area contributed by atoms with Gasteiger partial charge in [0.1, 0.15) is 28.9 Å². The molecule has 4 nitrogen and oxygen atoms in total. The molecule has 0 radical (unpaired) electrons. The average molecular weight is 277 g/mol. The second kappa shape index (κ2) is 4.03. The van der Waals surface area contributed by atoms with Crippen molar-refractivity contribution in [3.63, 3.8) is 0 Å². The first-order chi connectivity index (χ1) is 10.2. The van der Waals surface area contributed by atoms with Crippen molar-refractivity contribution in [2.24, 2.45) is 0 Å². The van der Waals surface area contributed by atoms with E-state index < -0.39 is 0 Å². The fourth-order valence-electron chi connectivity index (χ4n) is 3.04. The quantitative estimate of drug-likeness (QED) is 0.659. The zero-order valence-corrected chi connectivity index (χ0v) is 11.1. The van der Waals surface area contributed by atoms with Crippen molar-refractivity contribution in [3.05, 3.63) is 47.0 Å². The number of benzene rings is 2. The third kappa shape index (κ3) is 1.55. The number of nitriles is 1. The van der Waals surface area contributed by atoms with Crippen LogP contribution in [0.1, 0.15) is 16.7 Å². The molecule has 3 aromatic rings. The minimum Gasteiger partial charge on any atom is -0.508 e. The van der Waals surface area contributed by atoms with Crippen molar-refractivity contribution < 1.29 is 14.6 Å². The lowest BCUT2D eigenvalue weighted by Gasteiger charge is -2.15. The molecule has 0 spiro atoms. The van der Waals surface area contributed by atoms with Crippen molar-refractivity contribution in [3.8, 4) is 28.9 Å². The molecule has 1 aliphatic carbocycles. The van der Waals surface area contributed by atoms with Gasteiger partial charge in [-0.2, -0.15) is 5.26 Å². The van der Waals surface area contributed by atoms with Gasteiger partial charge in [0.05, 0.1) is 0 Å². The van der Waals surface area contributed by atoms with E-state index in [1.54, 1.807) is 18.2 Å². The molecule has 0 fully saturated rings. The van der Waals surface area contributed by atoms with Gasteiger partial charge < -0.3 is 14.6 Å². The van der Waals surface area contributed by atoms with E-state index in [-0.39, 0.29) is 17.1 Å². The summed E-state index contributed by atoms with van der Waals surface area (Å²) in [7, 11) is 0. The normalized spacial score (nSPS) is 12.7. The topological polar surface area (TPSA) is 77.4 Å². The molecule has 0 amide bonds. The van der Waals surface area contributed by atoms with E-state index in [0.29, 0.717) is 5.58 Å². The summed E-state index contributed by atoms with van der Waals surface area (Å²) in [6, 6.07) is 10.5. The number of aromatic hydroxyl groups is 2. The predicted octanol–water partition coefficient (Wildman–Crippen LogP) is 3.48. The summed E-state index contributed by atoms with van der Waals surface area (Å²) in [5.74, 6) is 0.902. The summed E-state index contributed by atoms with van der Waals surface area (Å²) in [6.07, 6.45) is 1.60. The number of hydrogen-bond acceptors (Lipinski definition) is 4. The Hall–Kier alpha value is -2.93. The summed E-state index contributed by atoms with van der Waals surface area (Å²) in [6.45, 7) is 0. The van der Waals surface area contributed by atoms with Crippen molar-refractivity contribution in [1.29, 1.82) is 5.26 Å². The van der Waals surface area contributed by atoms with Crippen molar-refractivity contribution in [2.45, 2.75) is 12.8 Å². The molecule has 1 aliphatic rings. The van der Waals surface area contributed by atoms with Crippen LogP contribution in [-0.2, 0) is 12.8 Å². The minimum absolute atomic E-state index is 0.0676. The van der Waals surface area contributed by atoms with Gasteiger partial charge in [0.2, 0.25) is 0 Å². The Morgan fingerprint density at radius 2 is 1.95 bits per heavy atom. The first-order valence-electron chi connectivity index (χ1n) is 6.68. The molecule has 2 N–H and O–H groups in total. The molecule has 4 rings (SSSR count). The summed E-state index contributed by atoms with van der Waals surface area (Å²) in [5.41, 5.74) is 3.63. The third-order valence-corrected chi connectivity index (χ3v) is 4.03. The fourth-order valence-corrected chi connectivity index (χ4v) is 3.04. The Morgan fingerprint density at radius 3 is 2.76 bits per heavy atom. The lowest BCUT2D eigenvalue weighted by atomic mass is 9.89. The Labute approximate surface area is 120 Å². The average Bonchev–Trinajstić information content (AvgIpc) is 2.85. The van der Waals surface area contributed by atoms with Crippen molar-refractivity contribution in [2.75, 3.05) is 0 Å². The van der Waals surface area contributed by atoms with Gasteiger partial charge in [0.25, 0.3) is 0 Å². The third-order valence-electron chi connectivity index (χ3n) is 4.03. The molecular formula is C17H11NO3. The fraction of sp³-hybridized carbons (Fsp3) is 0.118. The van der Waals surface area contributed by atoms with Crippen LogP contribution < -0.4 is 0 Å². The van der Waals surface area contributed by atoms with E-state index >= 15 is 0 Å². The molecule has 4 heteroatoms. The standard InChI is InChI=1S/C17H11NO3/c18-8-14-15(20)6-5-13-12-3-1-9-7-10(19)2-4-11(9)16(12)21-17(13)14/h2,4-7,19-20H,1,3H2. The second-order valence-electron chi connectivity index (χ2n) is 5.20. The van der Waals surface area contributed by atoms with Crippen LogP contribution in [0.2, 0.25) is 0 Å². The number of aryl methyl sites for hydroxylation is 2. The van der Waals surface area contributed by atoms with Crippen molar-refractivity contribution >= 4 is 11.0 Å². The van der Waals surface area contributed by atoms with E-state index in [1.165, 1.54) is 6.07 Å². The van der Waals surface area contributed by atoms with Gasteiger partial charge in [0, 0.05) is 16.5 Å². The Morgan fingerprint density at radius 1 is 1.10 bits per heavy atom. The van der Waals surface area contributed by atoms with Gasteiger partial charge in [-0.25, -0.2) is 0 Å². The van der Waals surface area contributed by atoms with E-state index in [0.717, 1.165) is 40.7 Å². The molecule has 0 bridgehead atoms. The number of rotatable bonds is 0. The van der Waals surface area contributed by atoms with Crippen LogP contribution in [-0.4, -0.2) is 10.2 Å².